The molecule has 4 aromatic rings. The van der Waals surface area contributed by atoms with E-state index in [0.29, 0.717) is 21.7 Å². The van der Waals surface area contributed by atoms with Crippen LogP contribution < -0.4 is 5.32 Å². The van der Waals surface area contributed by atoms with Crippen molar-refractivity contribution in [3.8, 4) is 6.07 Å². The molecule has 3 aromatic carbocycles. The van der Waals surface area contributed by atoms with Crippen LogP contribution in [0.2, 0.25) is 5.02 Å². The molecule has 4 nitrogen and oxygen atoms in total. The lowest BCUT2D eigenvalue weighted by atomic mass is 10.1. The Morgan fingerprint density at radius 3 is 2.84 bits per heavy atom. The summed E-state index contributed by atoms with van der Waals surface area (Å²) >= 11 is 5.96. The van der Waals surface area contributed by atoms with Crippen molar-refractivity contribution in [2.24, 2.45) is 0 Å². The molecular formula is C20H12ClN3O. The van der Waals surface area contributed by atoms with Crippen LogP contribution in [0, 0.1) is 11.3 Å². The summed E-state index contributed by atoms with van der Waals surface area (Å²) in [6.07, 6.45) is 1.61. The molecule has 0 aliphatic rings. The summed E-state index contributed by atoms with van der Waals surface area (Å²) in [5.74, 6) is 0.257. The van der Waals surface area contributed by atoms with Crippen molar-refractivity contribution in [2.45, 2.75) is 0 Å². The van der Waals surface area contributed by atoms with E-state index in [9.17, 15) is 5.26 Å². The fourth-order valence-electron chi connectivity index (χ4n) is 2.66. The zero-order valence-corrected chi connectivity index (χ0v) is 13.8. The fourth-order valence-corrected chi connectivity index (χ4v) is 2.83. The third kappa shape index (κ3) is 2.93. The molecule has 0 unspecified atom stereocenters. The van der Waals surface area contributed by atoms with E-state index in [1.807, 2.05) is 42.5 Å². The summed E-state index contributed by atoms with van der Waals surface area (Å²) < 4.78 is 5.65. The number of anilines is 1. The maximum Gasteiger partial charge on any atom is 0.239 e. The number of hydrogen-bond acceptors (Lipinski definition) is 4. The fraction of sp³-hybridized carbons (Fsp3) is 0. The van der Waals surface area contributed by atoms with Gasteiger partial charge < -0.3 is 9.73 Å². The second kappa shape index (κ2) is 6.31. The third-order valence-electron chi connectivity index (χ3n) is 3.86. The molecule has 0 radical (unpaired) electrons. The monoisotopic (exact) mass is 345 g/mol. The number of aromatic nitrogens is 1. The van der Waals surface area contributed by atoms with E-state index >= 15 is 0 Å². The van der Waals surface area contributed by atoms with E-state index in [1.165, 1.54) is 0 Å². The molecule has 25 heavy (non-hydrogen) atoms. The van der Waals surface area contributed by atoms with Gasteiger partial charge in [-0.15, -0.1) is 0 Å². The molecule has 1 aromatic heterocycles. The molecule has 1 N–H and O–H groups in total. The minimum absolute atomic E-state index is 0.257. The standard InChI is InChI=1S/C20H12ClN3O/c21-15-8-9-19-18(10-15)24-20(25-19)14(11-22)12-23-17-7-3-5-13-4-1-2-6-16(13)17/h1-10,12,23H/b14-12-. The summed E-state index contributed by atoms with van der Waals surface area (Å²) in [4.78, 5) is 4.34. The highest BCUT2D eigenvalue weighted by atomic mass is 35.5. The number of nitrogens with zero attached hydrogens (tertiary/aromatic N) is 2. The van der Waals surface area contributed by atoms with Crippen LogP contribution in [0.25, 0.3) is 27.4 Å². The Kier molecular flexibility index (Phi) is 3.85. The Hall–Kier alpha value is -3.29. The van der Waals surface area contributed by atoms with Gasteiger partial charge in [-0.1, -0.05) is 48.0 Å². The number of nitriles is 1. The molecule has 0 spiro atoms. The SMILES string of the molecule is N#C/C(=C/Nc1cccc2ccccc12)c1nc2cc(Cl)ccc2o1. The minimum Gasteiger partial charge on any atom is -0.435 e. The Labute approximate surface area is 149 Å². The first-order chi connectivity index (χ1) is 12.2. The summed E-state index contributed by atoms with van der Waals surface area (Å²) in [7, 11) is 0. The lowest BCUT2D eigenvalue weighted by Crippen LogP contribution is -1.92. The zero-order valence-electron chi connectivity index (χ0n) is 13.0. The van der Waals surface area contributed by atoms with Crippen molar-refractivity contribution in [1.29, 1.82) is 5.26 Å². The molecule has 0 atom stereocenters. The summed E-state index contributed by atoms with van der Waals surface area (Å²) in [6, 6.07) is 21.3. The highest BCUT2D eigenvalue weighted by molar-refractivity contribution is 6.31. The molecule has 120 valence electrons. The lowest BCUT2D eigenvalue weighted by Gasteiger charge is -2.06. The first kappa shape index (κ1) is 15.3. The Balaban J connectivity index is 1.71. The minimum atomic E-state index is 0.257. The first-order valence-electron chi connectivity index (χ1n) is 7.65. The highest BCUT2D eigenvalue weighted by Gasteiger charge is 2.11. The topological polar surface area (TPSA) is 61.9 Å². The number of halogens is 1. The molecule has 5 heteroatoms. The summed E-state index contributed by atoms with van der Waals surface area (Å²) in [6.45, 7) is 0. The van der Waals surface area contributed by atoms with Gasteiger partial charge in [0, 0.05) is 22.3 Å². The molecule has 1 heterocycles. The van der Waals surface area contributed by atoms with E-state index in [4.69, 9.17) is 16.0 Å². The smallest absolute Gasteiger partial charge is 0.239 e. The van der Waals surface area contributed by atoms with Gasteiger partial charge in [-0.3, -0.25) is 0 Å². The second-order valence-corrected chi connectivity index (χ2v) is 5.91. The van der Waals surface area contributed by atoms with Gasteiger partial charge in [0.05, 0.1) is 0 Å². The van der Waals surface area contributed by atoms with Crippen molar-refractivity contribution in [3.63, 3.8) is 0 Å². The van der Waals surface area contributed by atoms with Crippen molar-refractivity contribution in [2.75, 3.05) is 5.32 Å². The number of benzene rings is 3. The van der Waals surface area contributed by atoms with E-state index in [0.717, 1.165) is 16.5 Å². The molecule has 0 bridgehead atoms. The molecule has 0 fully saturated rings. The van der Waals surface area contributed by atoms with E-state index in [-0.39, 0.29) is 5.89 Å². The van der Waals surface area contributed by atoms with Crippen LogP contribution in [-0.2, 0) is 0 Å². The molecule has 0 amide bonds. The molecule has 0 saturated carbocycles. The van der Waals surface area contributed by atoms with Crippen LogP contribution in [0.1, 0.15) is 5.89 Å². The number of allylic oxidation sites excluding steroid dienone is 1. The van der Waals surface area contributed by atoms with Gasteiger partial charge in [0.15, 0.2) is 5.58 Å². The van der Waals surface area contributed by atoms with Gasteiger partial charge in [0.2, 0.25) is 5.89 Å². The first-order valence-corrected chi connectivity index (χ1v) is 8.03. The van der Waals surface area contributed by atoms with E-state index < -0.39 is 0 Å². The maximum absolute atomic E-state index is 9.47. The quantitative estimate of drug-likeness (QED) is 0.490. The van der Waals surface area contributed by atoms with Gasteiger partial charge in [-0.05, 0) is 29.7 Å². The number of oxazole rings is 1. The van der Waals surface area contributed by atoms with Crippen molar-refractivity contribution < 1.29 is 4.42 Å². The van der Waals surface area contributed by atoms with Crippen LogP contribution in [-0.4, -0.2) is 4.98 Å². The third-order valence-corrected chi connectivity index (χ3v) is 4.10. The number of hydrogen-bond donors (Lipinski definition) is 1. The van der Waals surface area contributed by atoms with Gasteiger partial charge in [-0.2, -0.15) is 5.26 Å². The summed E-state index contributed by atoms with van der Waals surface area (Å²) in [5, 5.41) is 15.4. The van der Waals surface area contributed by atoms with Crippen LogP contribution in [0.3, 0.4) is 0 Å². The zero-order chi connectivity index (χ0) is 17.2. The van der Waals surface area contributed by atoms with Crippen molar-refractivity contribution in [3.05, 3.63) is 77.8 Å². The van der Waals surface area contributed by atoms with E-state index in [1.54, 1.807) is 24.4 Å². The predicted molar refractivity (Wildman–Crippen MR) is 100 cm³/mol. The molecule has 0 aliphatic carbocycles. The average molecular weight is 346 g/mol. The van der Waals surface area contributed by atoms with Crippen LogP contribution in [0.15, 0.2) is 71.3 Å². The second-order valence-electron chi connectivity index (χ2n) is 5.47. The average Bonchev–Trinajstić information content (AvgIpc) is 3.05. The number of fused-ring (bicyclic) bond motifs is 2. The largest absolute Gasteiger partial charge is 0.435 e. The van der Waals surface area contributed by atoms with Crippen molar-refractivity contribution >= 4 is 44.7 Å². The van der Waals surface area contributed by atoms with Gasteiger partial charge in [0.25, 0.3) is 0 Å². The molecular weight excluding hydrogens is 334 g/mol. The molecule has 0 aliphatic heterocycles. The highest BCUT2D eigenvalue weighted by Crippen LogP contribution is 2.26. The maximum atomic E-state index is 9.47. The Morgan fingerprint density at radius 2 is 1.96 bits per heavy atom. The predicted octanol–water partition coefficient (Wildman–Crippen LogP) is 5.61. The van der Waals surface area contributed by atoms with Crippen LogP contribution >= 0.6 is 11.6 Å². The van der Waals surface area contributed by atoms with Crippen LogP contribution in [0.5, 0.6) is 0 Å². The van der Waals surface area contributed by atoms with Gasteiger partial charge >= 0.3 is 0 Å². The Morgan fingerprint density at radius 1 is 1.12 bits per heavy atom. The molecule has 0 saturated heterocycles. The van der Waals surface area contributed by atoms with Gasteiger partial charge in [-0.25, -0.2) is 4.98 Å². The lowest BCUT2D eigenvalue weighted by molar-refractivity contribution is 0.586. The Bertz CT molecular complexity index is 1150. The van der Waals surface area contributed by atoms with Gasteiger partial charge in [0.1, 0.15) is 17.2 Å². The van der Waals surface area contributed by atoms with E-state index in [2.05, 4.69) is 16.4 Å². The summed E-state index contributed by atoms with van der Waals surface area (Å²) in [5.41, 5.74) is 2.42. The number of rotatable bonds is 3. The number of nitrogens with one attached hydrogen (secondary N) is 1. The van der Waals surface area contributed by atoms with Crippen molar-refractivity contribution in [1.82, 2.24) is 4.98 Å². The van der Waals surface area contributed by atoms with Crippen LogP contribution in [0.4, 0.5) is 5.69 Å². The molecule has 4 rings (SSSR count). The normalized spacial score (nSPS) is 11.6.